The highest BCUT2D eigenvalue weighted by Gasteiger charge is 2.27. The van der Waals surface area contributed by atoms with Crippen molar-refractivity contribution in [2.24, 2.45) is 0 Å². The van der Waals surface area contributed by atoms with Gasteiger partial charge in [0.05, 0.1) is 6.04 Å². The highest BCUT2D eigenvalue weighted by Crippen LogP contribution is 2.47. The van der Waals surface area contributed by atoms with Gasteiger partial charge in [-0.05, 0) is 11.3 Å². The zero-order chi connectivity index (χ0) is 20.9. The van der Waals surface area contributed by atoms with Gasteiger partial charge in [0, 0.05) is 21.2 Å². The third-order valence-electron chi connectivity index (χ3n) is 4.84. The third kappa shape index (κ3) is 4.12. The molecule has 1 nitrogen and oxygen atoms in total. The van der Waals surface area contributed by atoms with Crippen molar-refractivity contribution < 1.29 is 4.57 Å². The largest absolute Gasteiger partial charge is 0.300 e. The molecule has 4 rings (SSSR count). The first kappa shape index (κ1) is 20.6. The lowest BCUT2D eigenvalue weighted by Gasteiger charge is -2.18. The number of rotatable bonds is 4. The van der Waals surface area contributed by atoms with E-state index in [9.17, 15) is 4.57 Å². The molecular formula is C26H20OP2S. The van der Waals surface area contributed by atoms with Gasteiger partial charge in [-0.2, -0.15) is 0 Å². The molecular weight excluding hydrogens is 422 g/mol. The Bertz CT molecular complexity index is 1090. The van der Waals surface area contributed by atoms with Gasteiger partial charge in [0.25, 0.3) is 0 Å². The van der Waals surface area contributed by atoms with Crippen LogP contribution in [0.15, 0.2) is 121 Å². The monoisotopic (exact) mass is 442 g/mol. The summed E-state index contributed by atoms with van der Waals surface area (Å²) in [5.41, 5.74) is 6.60. The molecule has 4 aromatic rings. The average Bonchev–Trinajstić information content (AvgIpc) is 2.84. The smallest absolute Gasteiger partial charge is 0.211 e. The van der Waals surface area contributed by atoms with Crippen LogP contribution >= 0.6 is 13.2 Å². The minimum absolute atomic E-state index is 0.728. The van der Waals surface area contributed by atoms with Crippen LogP contribution in [0.1, 0.15) is 0 Å². The molecule has 0 saturated carbocycles. The van der Waals surface area contributed by atoms with E-state index in [2.05, 4.69) is 11.3 Å². The lowest BCUT2D eigenvalue weighted by molar-refractivity contribution is 0.593. The first-order valence-corrected chi connectivity index (χ1v) is 14.1. The molecule has 0 unspecified atom stereocenters. The summed E-state index contributed by atoms with van der Waals surface area (Å²) in [7, 11) is -3.16. The quantitative estimate of drug-likeness (QED) is 0.325. The zero-order valence-electron chi connectivity index (χ0n) is 16.3. The number of hydrogen-bond acceptors (Lipinski definition) is 2. The molecule has 0 atom stereocenters. The first-order chi connectivity index (χ1) is 14.6. The molecule has 0 saturated heterocycles. The Labute approximate surface area is 183 Å². The van der Waals surface area contributed by atoms with E-state index in [0.29, 0.717) is 0 Å². The van der Waals surface area contributed by atoms with Crippen molar-refractivity contribution in [1.29, 1.82) is 0 Å². The Balaban J connectivity index is 1.94. The van der Waals surface area contributed by atoms with Crippen LogP contribution in [0.25, 0.3) is 0 Å². The third-order valence-corrected chi connectivity index (χ3v) is 11.5. The van der Waals surface area contributed by atoms with Crippen molar-refractivity contribution in [2.75, 3.05) is 0 Å². The van der Waals surface area contributed by atoms with E-state index < -0.39 is 13.2 Å². The summed E-state index contributed by atoms with van der Waals surface area (Å²) < 4.78 is 14.3. The van der Waals surface area contributed by atoms with Crippen molar-refractivity contribution in [2.45, 2.75) is 0 Å². The highest BCUT2D eigenvalue weighted by atomic mass is 32.4. The highest BCUT2D eigenvalue weighted by molar-refractivity contribution is 8.24. The number of hydrogen-bond donors (Lipinski definition) is 0. The number of benzene rings is 4. The van der Waals surface area contributed by atoms with E-state index in [1.807, 2.05) is 121 Å². The minimum Gasteiger partial charge on any atom is -0.300 e. The molecule has 0 heterocycles. The molecule has 0 fully saturated rings. The Hall–Kier alpha value is -2.68. The van der Waals surface area contributed by atoms with Crippen molar-refractivity contribution >= 4 is 46.2 Å². The molecule has 4 aromatic carbocycles. The maximum Gasteiger partial charge on any atom is 0.211 e. The Kier molecular flexibility index (Phi) is 6.17. The van der Waals surface area contributed by atoms with Crippen molar-refractivity contribution in [3.63, 3.8) is 0 Å². The molecule has 0 aliphatic carbocycles. The fraction of sp³-hybridized carbons (Fsp3) is 0. The van der Waals surface area contributed by atoms with E-state index in [1.165, 1.54) is 0 Å². The summed E-state index contributed by atoms with van der Waals surface area (Å²) in [4.78, 5) is 0. The van der Waals surface area contributed by atoms with Crippen LogP contribution in [-0.2, 0) is 16.4 Å². The second-order valence-electron chi connectivity index (χ2n) is 6.78. The van der Waals surface area contributed by atoms with Gasteiger partial charge in [0.2, 0.25) is 7.14 Å². The van der Waals surface area contributed by atoms with E-state index >= 15 is 0 Å². The molecule has 4 heteroatoms. The van der Waals surface area contributed by atoms with Gasteiger partial charge in [-0.25, -0.2) is 0 Å². The lowest BCUT2D eigenvalue weighted by atomic mass is 10.4. The first-order valence-electron chi connectivity index (χ1n) is 9.60. The van der Waals surface area contributed by atoms with Gasteiger partial charge in [-0.3, -0.25) is 4.57 Å². The second-order valence-corrected chi connectivity index (χ2v) is 13.4. The summed E-state index contributed by atoms with van der Waals surface area (Å²) in [6, 6.07) is 36.5. The fourth-order valence-electron chi connectivity index (χ4n) is 3.25. The maximum atomic E-state index is 14.3. The Morgan fingerprint density at radius 2 is 0.767 bits per heavy atom. The van der Waals surface area contributed by atoms with Crippen molar-refractivity contribution in [3.05, 3.63) is 121 Å². The summed E-state index contributed by atoms with van der Waals surface area (Å²) in [5, 5.41) is 3.47. The maximum absolute atomic E-state index is 14.3. The van der Waals surface area contributed by atoms with E-state index in [4.69, 9.17) is 11.8 Å². The molecule has 0 aliphatic heterocycles. The SMILES string of the molecule is O=P(C#CP(=S)(c1ccccc1)c1ccccc1)(c1ccccc1)c1ccccc1. The Morgan fingerprint density at radius 3 is 1.10 bits per heavy atom. The van der Waals surface area contributed by atoms with Crippen LogP contribution < -0.4 is 21.2 Å². The molecule has 30 heavy (non-hydrogen) atoms. The standard InChI is InChI=1S/C26H20OP2S/c27-28(23-13-5-1-6-14-23,24-15-7-2-8-16-24)21-22-29(30,25-17-9-3-10-18-25)26-19-11-4-12-20-26/h1-20H. The van der Waals surface area contributed by atoms with Gasteiger partial charge in [-0.1, -0.05) is 133 Å². The predicted octanol–water partition coefficient (Wildman–Crippen LogP) is 5.05. The van der Waals surface area contributed by atoms with Gasteiger partial charge in [0.15, 0.2) is 0 Å². The summed E-state index contributed by atoms with van der Waals surface area (Å²) in [5.74, 6) is 0. The van der Waals surface area contributed by atoms with Crippen molar-refractivity contribution in [1.82, 2.24) is 0 Å². The van der Waals surface area contributed by atoms with Crippen LogP contribution in [0.2, 0.25) is 0 Å². The van der Waals surface area contributed by atoms with Crippen molar-refractivity contribution in [3.8, 4) is 11.3 Å². The zero-order valence-corrected chi connectivity index (χ0v) is 18.9. The van der Waals surface area contributed by atoms with E-state index in [0.717, 1.165) is 21.2 Å². The van der Waals surface area contributed by atoms with Crippen LogP contribution in [0.5, 0.6) is 0 Å². The molecule has 0 spiro atoms. The predicted molar refractivity (Wildman–Crippen MR) is 134 cm³/mol. The second kappa shape index (κ2) is 8.99. The van der Waals surface area contributed by atoms with Crippen LogP contribution in [-0.4, -0.2) is 0 Å². The lowest BCUT2D eigenvalue weighted by Crippen LogP contribution is -2.16. The topological polar surface area (TPSA) is 17.1 Å². The van der Waals surface area contributed by atoms with Gasteiger partial charge in [-0.15, -0.1) is 0 Å². The van der Waals surface area contributed by atoms with E-state index in [1.54, 1.807) is 0 Å². The molecule has 0 aliphatic rings. The average molecular weight is 442 g/mol. The fourth-order valence-corrected chi connectivity index (χ4v) is 8.95. The summed E-state index contributed by atoms with van der Waals surface area (Å²) >= 11 is 6.22. The molecule has 0 bridgehead atoms. The van der Waals surface area contributed by atoms with Crippen LogP contribution in [0, 0.1) is 11.3 Å². The Morgan fingerprint density at radius 1 is 0.467 bits per heavy atom. The van der Waals surface area contributed by atoms with Gasteiger partial charge in [0.1, 0.15) is 0 Å². The molecule has 146 valence electrons. The normalized spacial score (nSPS) is 11.3. The van der Waals surface area contributed by atoms with E-state index in [-0.39, 0.29) is 0 Å². The molecule has 0 amide bonds. The molecule has 0 aromatic heterocycles. The molecule has 0 N–H and O–H groups in total. The van der Waals surface area contributed by atoms with Crippen LogP contribution in [0.4, 0.5) is 0 Å². The molecule has 0 radical (unpaired) electrons. The summed E-state index contributed by atoms with van der Waals surface area (Å²) in [6.07, 6.45) is 0. The van der Waals surface area contributed by atoms with Gasteiger partial charge >= 0.3 is 0 Å². The van der Waals surface area contributed by atoms with Gasteiger partial charge < -0.3 is 0 Å². The van der Waals surface area contributed by atoms with Crippen LogP contribution in [0.3, 0.4) is 0 Å². The summed E-state index contributed by atoms with van der Waals surface area (Å²) in [6.45, 7) is 0. The minimum atomic E-state index is -3.16.